The maximum absolute atomic E-state index is 14.6. The zero-order valence-electron chi connectivity index (χ0n) is 19.3. The Morgan fingerprint density at radius 3 is 2.44 bits per heavy atom. The molecule has 0 radical (unpaired) electrons. The largest absolute Gasteiger partial charge is 0.481 e. The number of likely N-dealkylation sites (N-methyl/N-ethyl adjacent to an activating group) is 1. The number of carboxylic acid groups (broad SMARTS) is 1. The van der Waals surface area contributed by atoms with Crippen molar-refractivity contribution in [1.29, 1.82) is 0 Å². The first kappa shape index (κ1) is 24.6. The summed E-state index contributed by atoms with van der Waals surface area (Å²) in [5.74, 6) is -3.00. The molecule has 0 saturated heterocycles. The van der Waals surface area contributed by atoms with Crippen LogP contribution in [0.1, 0.15) is 36.1 Å². The number of ketones is 1. The lowest BCUT2D eigenvalue weighted by Crippen LogP contribution is -2.56. The Labute approximate surface area is 196 Å². The van der Waals surface area contributed by atoms with E-state index < -0.39 is 48.0 Å². The maximum atomic E-state index is 14.6. The molecule has 2 aromatic carbocycles. The first-order chi connectivity index (χ1) is 16.0. The van der Waals surface area contributed by atoms with E-state index in [-0.39, 0.29) is 5.56 Å². The highest BCUT2D eigenvalue weighted by Crippen LogP contribution is 2.33. The van der Waals surface area contributed by atoms with E-state index in [9.17, 15) is 28.7 Å². The number of carbonyl (C=O) groups is 4. The van der Waals surface area contributed by atoms with Gasteiger partial charge in [-0.25, -0.2) is 9.18 Å². The number of aliphatic carboxylic acids is 1. The zero-order valence-corrected chi connectivity index (χ0v) is 19.3. The molecule has 3 N–H and O–H groups in total. The summed E-state index contributed by atoms with van der Waals surface area (Å²) >= 11 is 0. The third-order valence-corrected chi connectivity index (χ3v) is 5.93. The third-order valence-electron chi connectivity index (χ3n) is 5.93. The predicted octanol–water partition coefficient (Wildman–Crippen LogP) is 3.24. The number of benzene rings is 2. The summed E-state index contributed by atoms with van der Waals surface area (Å²) in [5.41, 5.74) is 3.59. The summed E-state index contributed by atoms with van der Waals surface area (Å²) in [4.78, 5) is 50.2. The monoisotopic (exact) mass is 467 g/mol. The Balaban J connectivity index is 1.93. The molecule has 9 heteroatoms. The molecule has 3 amide bonds. The smallest absolute Gasteiger partial charge is 0.316 e. The van der Waals surface area contributed by atoms with Gasteiger partial charge in [0.1, 0.15) is 5.82 Å². The molecule has 1 heterocycles. The summed E-state index contributed by atoms with van der Waals surface area (Å²) in [7, 11) is 1.48. The Hall–Kier alpha value is -4.01. The number of hydrogen-bond acceptors (Lipinski definition) is 4. The lowest BCUT2D eigenvalue weighted by Gasteiger charge is -2.28. The van der Waals surface area contributed by atoms with E-state index in [0.29, 0.717) is 16.8 Å². The van der Waals surface area contributed by atoms with Crippen molar-refractivity contribution in [2.45, 2.75) is 39.3 Å². The number of carboxylic acids is 1. The van der Waals surface area contributed by atoms with Crippen molar-refractivity contribution < 1.29 is 28.7 Å². The van der Waals surface area contributed by atoms with Gasteiger partial charge >= 0.3 is 12.0 Å². The van der Waals surface area contributed by atoms with Crippen LogP contribution in [-0.4, -0.2) is 46.8 Å². The number of halogens is 1. The second kappa shape index (κ2) is 9.86. The number of hydrogen-bond donors (Lipinski definition) is 3. The van der Waals surface area contributed by atoms with E-state index in [1.54, 1.807) is 13.8 Å². The number of carbonyl (C=O) groups excluding carboxylic acids is 3. The van der Waals surface area contributed by atoms with Crippen molar-refractivity contribution in [3.05, 3.63) is 70.7 Å². The fourth-order valence-corrected chi connectivity index (χ4v) is 3.97. The first-order valence-corrected chi connectivity index (χ1v) is 10.6. The van der Waals surface area contributed by atoms with Gasteiger partial charge in [0.25, 0.3) is 5.91 Å². The van der Waals surface area contributed by atoms with Crippen LogP contribution in [0.5, 0.6) is 0 Å². The lowest BCUT2D eigenvalue weighted by atomic mass is 9.90. The van der Waals surface area contributed by atoms with Gasteiger partial charge in [0.2, 0.25) is 0 Å². The van der Waals surface area contributed by atoms with E-state index in [1.165, 1.54) is 30.2 Å². The fourth-order valence-electron chi connectivity index (χ4n) is 3.97. The molecule has 1 aliphatic heterocycles. The minimum Gasteiger partial charge on any atom is -0.481 e. The van der Waals surface area contributed by atoms with Gasteiger partial charge in [-0.15, -0.1) is 0 Å². The molecule has 0 aliphatic carbocycles. The molecular weight excluding hydrogens is 441 g/mol. The average molecular weight is 467 g/mol. The number of urea groups is 1. The number of nitrogens with zero attached hydrogens (tertiary/aromatic N) is 1. The van der Waals surface area contributed by atoms with Crippen LogP contribution >= 0.6 is 0 Å². The standard InChI is InChI=1S/C25H26FN3O5/c1-13-7-5-6-8-17(13)18-10-16(26)11-19(15(18)3)20(12-22(31)32)27-25(34)28-23-21(30)9-14(2)29(4)24(23)33/h5-11,20,23H,12H2,1-4H3,(H,31,32)(H2,27,28,34)/t20-,23?/m0/s1. The van der Waals surface area contributed by atoms with Crippen LogP contribution in [-0.2, 0) is 14.4 Å². The van der Waals surface area contributed by atoms with Crippen molar-refractivity contribution in [1.82, 2.24) is 15.5 Å². The number of allylic oxidation sites excluding steroid dienone is 1. The Morgan fingerprint density at radius 1 is 1.12 bits per heavy atom. The second-order valence-corrected chi connectivity index (χ2v) is 8.27. The second-order valence-electron chi connectivity index (χ2n) is 8.27. The van der Waals surface area contributed by atoms with E-state index in [4.69, 9.17) is 0 Å². The normalized spacial score (nSPS) is 16.7. The van der Waals surface area contributed by atoms with Crippen LogP contribution in [0.15, 0.2) is 48.2 Å². The van der Waals surface area contributed by atoms with Gasteiger partial charge in [0.05, 0.1) is 12.5 Å². The van der Waals surface area contributed by atoms with Crippen LogP contribution in [0.2, 0.25) is 0 Å². The Bertz CT molecular complexity index is 1210. The molecule has 2 aromatic rings. The lowest BCUT2D eigenvalue weighted by molar-refractivity contribution is -0.138. The molecule has 1 aliphatic rings. The van der Waals surface area contributed by atoms with Gasteiger partial charge in [-0.1, -0.05) is 24.3 Å². The van der Waals surface area contributed by atoms with E-state index in [1.807, 2.05) is 31.2 Å². The highest BCUT2D eigenvalue weighted by Gasteiger charge is 2.35. The molecule has 0 bridgehead atoms. The van der Waals surface area contributed by atoms with E-state index in [2.05, 4.69) is 10.6 Å². The van der Waals surface area contributed by atoms with Crippen LogP contribution in [0.4, 0.5) is 9.18 Å². The Morgan fingerprint density at radius 2 is 1.79 bits per heavy atom. The molecule has 3 rings (SSSR count). The SMILES string of the molecule is CC1=CC(=O)C(NC(=O)N[C@@H](CC(=O)O)c2cc(F)cc(-c3ccccc3C)c2C)C(=O)N1C. The van der Waals surface area contributed by atoms with E-state index in [0.717, 1.165) is 11.1 Å². The summed E-state index contributed by atoms with van der Waals surface area (Å²) in [6.07, 6.45) is 0.711. The molecule has 178 valence electrons. The molecule has 0 spiro atoms. The van der Waals surface area contributed by atoms with Gasteiger partial charge in [-0.05, 0) is 60.7 Å². The quantitative estimate of drug-likeness (QED) is 0.564. The predicted molar refractivity (Wildman–Crippen MR) is 123 cm³/mol. The van der Waals surface area contributed by atoms with Crippen molar-refractivity contribution in [3.63, 3.8) is 0 Å². The number of nitrogens with one attached hydrogen (secondary N) is 2. The van der Waals surface area contributed by atoms with Gasteiger partial charge in [0, 0.05) is 18.8 Å². The molecule has 1 unspecified atom stereocenters. The molecular formula is C25H26FN3O5. The third kappa shape index (κ3) is 5.14. The highest BCUT2D eigenvalue weighted by molar-refractivity contribution is 6.15. The van der Waals surface area contributed by atoms with Gasteiger partial charge < -0.3 is 20.6 Å². The molecule has 2 atom stereocenters. The zero-order chi connectivity index (χ0) is 25.2. The summed E-state index contributed by atoms with van der Waals surface area (Å²) in [6, 6.07) is 6.47. The number of rotatable bonds is 6. The van der Waals surface area contributed by atoms with Gasteiger partial charge in [0.15, 0.2) is 11.8 Å². The molecule has 34 heavy (non-hydrogen) atoms. The number of amides is 3. The first-order valence-electron chi connectivity index (χ1n) is 10.6. The molecule has 8 nitrogen and oxygen atoms in total. The highest BCUT2D eigenvalue weighted by atomic mass is 19.1. The van der Waals surface area contributed by atoms with Crippen molar-refractivity contribution in [2.24, 2.45) is 0 Å². The van der Waals surface area contributed by atoms with Crippen molar-refractivity contribution >= 4 is 23.7 Å². The van der Waals surface area contributed by atoms with Crippen LogP contribution in [0, 0.1) is 19.7 Å². The molecule has 0 saturated carbocycles. The van der Waals surface area contributed by atoms with Crippen LogP contribution in [0.25, 0.3) is 11.1 Å². The summed E-state index contributed by atoms with van der Waals surface area (Å²) in [5, 5.41) is 14.2. The minimum atomic E-state index is -1.43. The van der Waals surface area contributed by atoms with Gasteiger partial charge in [-0.2, -0.15) is 0 Å². The topological polar surface area (TPSA) is 116 Å². The number of aryl methyl sites for hydroxylation is 1. The van der Waals surface area contributed by atoms with Crippen LogP contribution < -0.4 is 10.6 Å². The average Bonchev–Trinajstić information content (AvgIpc) is 2.76. The van der Waals surface area contributed by atoms with Gasteiger partial charge in [-0.3, -0.25) is 14.4 Å². The van der Waals surface area contributed by atoms with Crippen LogP contribution in [0.3, 0.4) is 0 Å². The van der Waals surface area contributed by atoms with Crippen molar-refractivity contribution in [2.75, 3.05) is 7.05 Å². The van der Waals surface area contributed by atoms with Crippen molar-refractivity contribution in [3.8, 4) is 11.1 Å². The molecule has 0 aromatic heterocycles. The molecule has 0 fully saturated rings. The fraction of sp³-hybridized carbons (Fsp3) is 0.280. The minimum absolute atomic E-state index is 0.282. The summed E-state index contributed by atoms with van der Waals surface area (Å²) in [6.45, 7) is 5.20. The maximum Gasteiger partial charge on any atom is 0.316 e. The Kier molecular flexibility index (Phi) is 7.14. The summed E-state index contributed by atoms with van der Waals surface area (Å²) < 4.78 is 14.6. The van der Waals surface area contributed by atoms with E-state index >= 15 is 0 Å².